The summed E-state index contributed by atoms with van der Waals surface area (Å²) in [4.78, 5) is 17.3. The van der Waals surface area contributed by atoms with E-state index in [0.29, 0.717) is 42.2 Å². The fourth-order valence-electron chi connectivity index (χ4n) is 3.33. The van der Waals surface area contributed by atoms with E-state index in [-0.39, 0.29) is 17.5 Å². The molecule has 0 spiro atoms. The van der Waals surface area contributed by atoms with E-state index in [1.807, 2.05) is 61.5 Å². The first kappa shape index (κ1) is 17.9. The van der Waals surface area contributed by atoms with Crippen LogP contribution in [0.2, 0.25) is 0 Å². The van der Waals surface area contributed by atoms with E-state index in [1.165, 1.54) is 0 Å². The summed E-state index contributed by atoms with van der Waals surface area (Å²) in [6, 6.07) is 17.3. The SMILES string of the molecule is CCOc1ccccc1N=C(C)C1=C(O)C[C@H](c2ccccc2)CC1=O. The van der Waals surface area contributed by atoms with Crippen LogP contribution in [0.15, 0.2) is 70.9 Å². The molecule has 0 radical (unpaired) electrons. The molecule has 2 aromatic carbocycles. The molecule has 0 fully saturated rings. The van der Waals surface area contributed by atoms with Crippen LogP contribution < -0.4 is 4.74 Å². The maximum atomic E-state index is 12.7. The van der Waals surface area contributed by atoms with Crippen molar-refractivity contribution in [2.24, 2.45) is 4.99 Å². The summed E-state index contributed by atoms with van der Waals surface area (Å²) in [5.74, 6) is 0.721. The number of rotatable bonds is 5. The second kappa shape index (κ2) is 8.00. The molecule has 1 atom stereocenters. The predicted octanol–water partition coefficient (Wildman–Crippen LogP) is 5.14. The van der Waals surface area contributed by atoms with Gasteiger partial charge in [0.05, 0.1) is 17.9 Å². The standard InChI is InChI=1S/C22H23NO3/c1-3-26-21-12-8-7-11-18(21)23-15(2)22-19(24)13-17(14-20(22)25)16-9-5-4-6-10-16/h4-12,17,24H,3,13-14H2,1-2H3/t17-/m0/s1. The molecule has 0 heterocycles. The number of allylic oxidation sites excluding steroid dienone is 2. The van der Waals surface area contributed by atoms with E-state index in [1.54, 1.807) is 6.92 Å². The number of carbonyl (C=O) groups is 1. The van der Waals surface area contributed by atoms with Crippen molar-refractivity contribution < 1.29 is 14.6 Å². The van der Waals surface area contributed by atoms with Crippen LogP contribution in [0, 0.1) is 0 Å². The summed E-state index contributed by atoms with van der Waals surface area (Å²) in [6.45, 7) is 4.21. The lowest BCUT2D eigenvalue weighted by atomic mass is 9.81. The van der Waals surface area contributed by atoms with Crippen molar-refractivity contribution in [3.8, 4) is 5.75 Å². The Bertz CT molecular complexity index is 853. The van der Waals surface area contributed by atoms with E-state index in [0.717, 1.165) is 5.56 Å². The average molecular weight is 349 g/mol. The molecular formula is C22H23NO3. The number of hydrogen-bond donors (Lipinski definition) is 1. The van der Waals surface area contributed by atoms with E-state index in [2.05, 4.69) is 4.99 Å². The zero-order chi connectivity index (χ0) is 18.5. The summed E-state index contributed by atoms with van der Waals surface area (Å²) in [5, 5.41) is 10.5. The van der Waals surface area contributed by atoms with E-state index in [4.69, 9.17) is 4.74 Å². The molecule has 134 valence electrons. The molecule has 4 heteroatoms. The highest BCUT2D eigenvalue weighted by Crippen LogP contribution is 2.35. The van der Waals surface area contributed by atoms with Crippen molar-refractivity contribution in [3.05, 3.63) is 71.5 Å². The Kier molecular flexibility index (Phi) is 5.52. The Hall–Kier alpha value is -2.88. The Morgan fingerprint density at radius 3 is 2.50 bits per heavy atom. The monoisotopic (exact) mass is 349 g/mol. The van der Waals surface area contributed by atoms with Gasteiger partial charge in [-0.2, -0.15) is 0 Å². The molecule has 0 aromatic heterocycles. The van der Waals surface area contributed by atoms with Crippen LogP contribution in [-0.2, 0) is 4.79 Å². The van der Waals surface area contributed by atoms with Crippen LogP contribution in [0.3, 0.4) is 0 Å². The largest absolute Gasteiger partial charge is 0.511 e. The fourth-order valence-corrected chi connectivity index (χ4v) is 3.33. The van der Waals surface area contributed by atoms with Crippen LogP contribution in [-0.4, -0.2) is 23.2 Å². The molecule has 1 N–H and O–H groups in total. The number of benzene rings is 2. The second-order valence-corrected chi connectivity index (χ2v) is 6.36. The van der Waals surface area contributed by atoms with Crippen molar-refractivity contribution in [2.45, 2.75) is 32.6 Å². The molecule has 0 unspecified atom stereocenters. The maximum Gasteiger partial charge on any atom is 0.168 e. The molecule has 0 saturated carbocycles. The van der Waals surface area contributed by atoms with Gasteiger partial charge in [-0.25, -0.2) is 4.99 Å². The summed E-state index contributed by atoms with van der Waals surface area (Å²) >= 11 is 0. The molecule has 0 amide bonds. The number of aliphatic hydroxyl groups is 1. The lowest BCUT2D eigenvalue weighted by Gasteiger charge is -2.23. The Morgan fingerprint density at radius 1 is 1.12 bits per heavy atom. The van der Waals surface area contributed by atoms with Gasteiger partial charge in [-0.1, -0.05) is 42.5 Å². The van der Waals surface area contributed by atoms with Gasteiger partial charge in [0.1, 0.15) is 17.2 Å². The fraction of sp³-hybridized carbons (Fsp3) is 0.273. The second-order valence-electron chi connectivity index (χ2n) is 6.36. The van der Waals surface area contributed by atoms with Gasteiger partial charge in [-0.3, -0.25) is 4.79 Å². The minimum absolute atomic E-state index is 0.0101. The molecule has 3 rings (SSSR count). The summed E-state index contributed by atoms with van der Waals surface area (Å²) in [6.07, 6.45) is 0.828. The number of Topliss-reactive ketones (excluding diaryl/α,β-unsaturated/α-hetero) is 1. The summed E-state index contributed by atoms with van der Waals surface area (Å²) < 4.78 is 5.58. The van der Waals surface area contributed by atoms with Gasteiger partial charge < -0.3 is 9.84 Å². The zero-order valence-corrected chi connectivity index (χ0v) is 15.1. The number of aliphatic hydroxyl groups excluding tert-OH is 1. The number of nitrogens with zero attached hydrogens (tertiary/aromatic N) is 1. The lowest BCUT2D eigenvalue weighted by Crippen LogP contribution is -2.22. The first-order valence-corrected chi connectivity index (χ1v) is 8.88. The van der Waals surface area contributed by atoms with Crippen molar-refractivity contribution in [1.82, 2.24) is 0 Å². The van der Waals surface area contributed by atoms with Crippen LogP contribution >= 0.6 is 0 Å². The number of carbonyl (C=O) groups excluding carboxylic acids is 1. The highest BCUT2D eigenvalue weighted by molar-refractivity contribution is 6.23. The van der Waals surface area contributed by atoms with Crippen LogP contribution in [0.1, 0.15) is 38.2 Å². The molecule has 26 heavy (non-hydrogen) atoms. The van der Waals surface area contributed by atoms with Crippen molar-refractivity contribution in [1.29, 1.82) is 0 Å². The number of para-hydroxylation sites is 2. The van der Waals surface area contributed by atoms with Gasteiger partial charge in [0.25, 0.3) is 0 Å². The average Bonchev–Trinajstić information content (AvgIpc) is 2.63. The van der Waals surface area contributed by atoms with Crippen LogP contribution in [0.25, 0.3) is 0 Å². The van der Waals surface area contributed by atoms with E-state index < -0.39 is 0 Å². The van der Waals surface area contributed by atoms with E-state index >= 15 is 0 Å². The molecule has 1 aliphatic carbocycles. The Balaban J connectivity index is 1.90. The lowest BCUT2D eigenvalue weighted by molar-refractivity contribution is -0.116. The van der Waals surface area contributed by atoms with Crippen molar-refractivity contribution in [2.75, 3.05) is 6.61 Å². The Labute approximate surface area is 153 Å². The molecule has 1 aliphatic rings. The summed E-state index contributed by atoms with van der Waals surface area (Å²) in [5.41, 5.74) is 2.59. The molecule has 0 bridgehead atoms. The van der Waals surface area contributed by atoms with Gasteiger partial charge in [0.15, 0.2) is 5.78 Å². The molecule has 0 aliphatic heterocycles. The highest BCUT2D eigenvalue weighted by Gasteiger charge is 2.30. The first-order valence-electron chi connectivity index (χ1n) is 8.88. The van der Waals surface area contributed by atoms with Crippen molar-refractivity contribution in [3.63, 3.8) is 0 Å². The van der Waals surface area contributed by atoms with Gasteiger partial charge >= 0.3 is 0 Å². The number of hydrogen-bond acceptors (Lipinski definition) is 4. The third-order valence-corrected chi connectivity index (χ3v) is 4.52. The maximum absolute atomic E-state index is 12.7. The minimum atomic E-state index is -0.0715. The van der Waals surface area contributed by atoms with Crippen molar-refractivity contribution >= 4 is 17.2 Å². The van der Waals surface area contributed by atoms with Crippen LogP contribution in [0.4, 0.5) is 5.69 Å². The van der Waals surface area contributed by atoms with Gasteiger partial charge in [-0.15, -0.1) is 0 Å². The predicted molar refractivity (Wildman–Crippen MR) is 103 cm³/mol. The number of ether oxygens (including phenoxy) is 1. The zero-order valence-electron chi connectivity index (χ0n) is 15.1. The summed E-state index contributed by atoms with van der Waals surface area (Å²) in [7, 11) is 0. The molecule has 2 aromatic rings. The minimum Gasteiger partial charge on any atom is -0.511 e. The topological polar surface area (TPSA) is 58.9 Å². The molecule has 4 nitrogen and oxygen atoms in total. The quantitative estimate of drug-likeness (QED) is 0.761. The molecule has 0 saturated heterocycles. The van der Waals surface area contributed by atoms with E-state index in [9.17, 15) is 9.90 Å². The van der Waals surface area contributed by atoms with Gasteiger partial charge in [0.2, 0.25) is 0 Å². The number of ketones is 1. The third kappa shape index (κ3) is 3.85. The van der Waals surface area contributed by atoms with Gasteiger partial charge in [-0.05, 0) is 37.5 Å². The van der Waals surface area contributed by atoms with Gasteiger partial charge in [0, 0.05) is 12.8 Å². The Morgan fingerprint density at radius 2 is 1.81 bits per heavy atom. The smallest absolute Gasteiger partial charge is 0.168 e. The van der Waals surface area contributed by atoms with Crippen LogP contribution in [0.5, 0.6) is 5.75 Å². The first-order chi connectivity index (χ1) is 12.6. The molecular weight excluding hydrogens is 326 g/mol. The normalized spacial score (nSPS) is 18.2. The highest BCUT2D eigenvalue weighted by atomic mass is 16.5. The number of aliphatic imine (C=N–C) groups is 1. The third-order valence-electron chi connectivity index (χ3n) is 4.52.